The summed E-state index contributed by atoms with van der Waals surface area (Å²) in [7, 11) is 0. The van der Waals surface area contributed by atoms with Crippen molar-refractivity contribution in [3.8, 4) is 10.7 Å². The van der Waals surface area contributed by atoms with Crippen molar-refractivity contribution < 1.29 is 4.79 Å². The fourth-order valence-electron chi connectivity index (χ4n) is 2.45. The Bertz CT molecular complexity index is 1020. The standard InChI is InChI=1S/C18H12BrN3OS/c19-12-4-1-3-11(9-12)18(23)20-13-6-7-14-15(10-13)22-17(21-14)16-5-2-8-24-16/h1-10H,(H,20,23)(H,21,22). The van der Waals surface area contributed by atoms with Crippen molar-refractivity contribution >= 4 is 49.9 Å². The number of nitrogens with zero attached hydrogens (tertiary/aromatic N) is 1. The van der Waals surface area contributed by atoms with Crippen LogP contribution in [-0.4, -0.2) is 15.9 Å². The molecular weight excluding hydrogens is 386 g/mol. The van der Waals surface area contributed by atoms with E-state index in [9.17, 15) is 4.79 Å². The van der Waals surface area contributed by atoms with Crippen molar-refractivity contribution in [3.05, 3.63) is 70.0 Å². The Balaban J connectivity index is 1.62. The van der Waals surface area contributed by atoms with E-state index in [1.165, 1.54) is 0 Å². The largest absolute Gasteiger partial charge is 0.337 e. The van der Waals surface area contributed by atoms with Crippen molar-refractivity contribution in [2.24, 2.45) is 0 Å². The summed E-state index contributed by atoms with van der Waals surface area (Å²) in [6.07, 6.45) is 0. The molecule has 2 heterocycles. The maximum absolute atomic E-state index is 12.3. The van der Waals surface area contributed by atoms with Gasteiger partial charge in [0.2, 0.25) is 0 Å². The highest BCUT2D eigenvalue weighted by Gasteiger charge is 2.09. The molecule has 118 valence electrons. The van der Waals surface area contributed by atoms with Crippen LogP contribution in [0.3, 0.4) is 0 Å². The van der Waals surface area contributed by atoms with E-state index in [0.717, 1.165) is 31.9 Å². The van der Waals surface area contributed by atoms with Gasteiger partial charge in [0.05, 0.1) is 15.9 Å². The summed E-state index contributed by atoms with van der Waals surface area (Å²) >= 11 is 5.01. The Kier molecular flexibility index (Phi) is 3.92. The number of aromatic nitrogens is 2. The number of benzene rings is 2. The van der Waals surface area contributed by atoms with Crippen LogP contribution in [0.5, 0.6) is 0 Å². The van der Waals surface area contributed by atoms with E-state index in [1.807, 2.05) is 47.8 Å². The topological polar surface area (TPSA) is 57.8 Å². The normalized spacial score (nSPS) is 10.9. The number of rotatable bonds is 3. The van der Waals surface area contributed by atoms with Crippen LogP contribution in [0.4, 0.5) is 5.69 Å². The molecule has 4 rings (SSSR count). The monoisotopic (exact) mass is 397 g/mol. The van der Waals surface area contributed by atoms with E-state index in [1.54, 1.807) is 23.5 Å². The van der Waals surface area contributed by atoms with Crippen LogP contribution in [-0.2, 0) is 0 Å². The van der Waals surface area contributed by atoms with Gasteiger partial charge in [0.1, 0.15) is 5.82 Å². The van der Waals surface area contributed by atoms with Gasteiger partial charge in [-0.1, -0.05) is 28.1 Å². The van der Waals surface area contributed by atoms with E-state index in [0.29, 0.717) is 5.56 Å². The summed E-state index contributed by atoms with van der Waals surface area (Å²) in [4.78, 5) is 21.3. The molecule has 0 bridgehead atoms. The van der Waals surface area contributed by atoms with Gasteiger partial charge in [-0.25, -0.2) is 4.98 Å². The molecule has 6 heteroatoms. The van der Waals surface area contributed by atoms with E-state index in [2.05, 4.69) is 31.2 Å². The lowest BCUT2D eigenvalue weighted by Crippen LogP contribution is -2.11. The maximum atomic E-state index is 12.3. The molecular formula is C18H12BrN3OS. The van der Waals surface area contributed by atoms with E-state index in [-0.39, 0.29) is 5.91 Å². The molecule has 4 nitrogen and oxygen atoms in total. The number of hydrogen-bond acceptors (Lipinski definition) is 3. The fraction of sp³-hybridized carbons (Fsp3) is 0. The molecule has 1 amide bonds. The van der Waals surface area contributed by atoms with Crippen molar-refractivity contribution in [2.75, 3.05) is 5.32 Å². The van der Waals surface area contributed by atoms with Crippen molar-refractivity contribution in [1.82, 2.24) is 9.97 Å². The third kappa shape index (κ3) is 2.98. The molecule has 0 atom stereocenters. The number of carbonyl (C=O) groups excluding carboxylic acids is 1. The average Bonchev–Trinajstić information content (AvgIpc) is 3.23. The zero-order chi connectivity index (χ0) is 16.5. The summed E-state index contributed by atoms with van der Waals surface area (Å²) in [6.45, 7) is 0. The average molecular weight is 398 g/mol. The number of imidazole rings is 1. The first kappa shape index (κ1) is 15.1. The van der Waals surface area contributed by atoms with Gasteiger partial charge in [-0.15, -0.1) is 11.3 Å². The van der Waals surface area contributed by atoms with Crippen LogP contribution in [0.1, 0.15) is 10.4 Å². The summed E-state index contributed by atoms with van der Waals surface area (Å²) in [5.74, 6) is 0.698. The molecule has 0 aliphatic heterocycles. The van der Waals surface area contributed by atoms with Crippen LogP contribution in [0.15, 0.2) is 64.5 Å². The first-order valence-electron chi connectivity index (χ1n) is 7.29. The highest BCUT2D eigenvalue weighted by atomic mass is 79.9. The van der Waals surface area contributed by atoms with E-state index < -0.39 is 0 Å². The minimum atomic E-state index is -0.145. The number of aromatic amines is 1. The molecule has 2 aromatic heterocycles. The Labute approximate surface area is 150 Å². The molecule has 0 aliphatic carbocycles. The number of amides is 1. The van der Waals surface area contributed by atoms with Crippen LogP contribution in [0, 0.1) is 0 Å². The molecule has 0 saturated heterocycles. The molecule has 0 aliphatic rings. The Morgan fingerprint density at radius 2 is 2.04 bits per heavy atom. The lowest BCUT2D eigenvalue weighted by atomic mass is 10.2. The van der Waals surface area contributed by atoms with Crippen molar-refractivity contribution in [1.29, 1.82) is 0 Å². The Morgan fingerprint density at radius 1 is 1.12 bits per heavy atom. The van der Waals surface area contributed by atoms with Crippen LogP contribution in [0.25, 0.3) is 21.7 Å². The van der Waals surface area contributed by atoms with Crippen molar-refractivity contribution in [2.45, 2.75) is 0 Å². The predicted octanol–water partition coefficient (Wildman–Crippen LogP) is 5.31. The SMILES string of the molecule is O=C(Nc1ccc2nc(-c3cccs3)[nH]c2c1)c1cccc(Br)c1. The van der Waals surface area contributed by atoms with Gasteiger partial charge in [0.25, 0.3) is 5.91 Å². The van der Waals surface area contributed by atoms with Crippen LogP contribution in [0.2, 0.25) is 0 Å². The second-order valence-corrected chi connectivity index (χ2v) is 7.12. The number of nitrogens with one attached hydrogen (secondary N) is 2. The number of hydrogen-bond donors (Lipinski definition) is 2. The van der Waals surface area contributed by atoms with Crippen LogP contribution >= 0.6 is 27.3 Å². The highest BCUT2D eigenvalue weighted by molar-refractivity contribution is 9.10. The first-order valence-corrected chi connectivity index (χ1v) is 8.97. The first-order chi connectivity index (χ1) is 11.7. The zero-order valence-corrected chi connectivity index (χ0v) is 14.8. The predicted molar refractivity (Wildman–Crippen MR) is 102 cm³/mol. The van der Waals surface area contributed by atoms with E-state index in [4.69, 9.17) is 0 Å². The lowest BCUT2D eigenvalue weighted by Gasteiger charge is -2.05. The summed E-state index contributed by atoms with van der Waals surface area (Å²) in [5, 5.41) is 4.94. The second kappa shape index (κ2) is 6.22. The molecule has 0 fully saturated rings. The van der Waals surface area contributed by atoms with Gasteiger partial charge in [-0.3, -0.25) is 4.79 Å². The summed E-state index contributed by atoms with van der Waals surface area (Å²) < 4.78 is 0.875. The lowest BCUT2D eigenvalue weighted by molar-refractivity contribution is 0.102. The molecule has 4 aromatic rings. The molecule has 0 saturated carbocycles. The number of thiophene rings is 1. The maximum Gasteiger partial charge on any atom is 0.255 e. The van der Waals surface area contributed by atoms with Gasteiger partial charge >= 0.3 is 0 Å². The number of H-pyrrole nitrogens is 1. The molecule has 0 unspecified atom stereocenters. The molecule has 0 radical (unpaired) electrons. The Hall–Kier alpha value is -2.44. The number of anilines is 1. The minimum absolute atomic E-state index is 0.145. The van der Waals surface area contributed by atoms with Gasteiger partial charge in [0.15, 0.2) is 0 Å². The Morgan fingerprint density at radius 3 is 2.83 bits per heavy atom. The minimum Gasteiger partial charge on any atom is -0.337 e. The third-order valence-electron chi connectivity index (χ3n) is 3.58. The molecule has 2 N–H and O–H groups in total. The van der Waals surface area contributed by atoms with Gasteiger partial charge < -0.3 is 10.3 Å². The quantitative estimate of drug-likeness (QED) is 0.492. The number of carbonyl (C=O) groups is 1. The highest BCUT2D eigenvalue weighted by Crippen LogP contribution is 2.26. The van der Waals surface area contributed by atoms with Crippen LogP contribution < -0.4 is 5.32 Å². The van der Waals surface area contributed by atoms with Gasteiger partial charge in [-0.2, -0.15) is 0 Å². The number of halogens is 1. The summed E-state index contributed by atoms with van der Waals surface area (Å²) in [6, 6.07) is 17.0. The smallest absolute Gasteiger partial charge is 0.255 e. The summed E-state index contributed by atoms with van der Waals surface area (Å²) in [5.41, 5.74) is 3.10. The van der Waals surface area contributed by atoms with Gasteiger partial charge in [0, 0.05) is 15.7 Å². The number of fused-ring (bicyclic) bond motifs is 1. The molecule has 0 spiro atoms. The molecule has 2 aromatic carbocycles. The zero-order valence-electron chi connectivity index (χ0n) is 12.4. The fourth-order valence-corrected chi connectivity index (χ4v) is 3.52. The van der Waals surface area contributed by atoms with Crippen molar-refractivity contribution in [3.63, 3.8) is 0 Å². The third-order valence-corrected chi connectivity index (χ3v) is 4.95. The molecule has 24 heavy (non-hydrogen) atoms. The van der Waals surface area contributed by atoms with E-state index >= 15 is 0 Å². The second-order valence-electron chi connectivity index (χ2n) is 5.26. The van der Waals surface area contributed by atoms with Gasteiger partial charge in [-0.05, 0) is 47.8 Å².